The van der Waals surface area contributed by atoms with Gasteiger partial charge in [0.15, 0.2) is 5.78 Å². The maximum Gasteiger partial charge on any atom is 0.188 e. The van der Waals surface area contributed by atoms with Crippen molar-refractivity contribution < 1.29 is 9.53 Å². The molecule has 0 N–H and O–H groups in total. The van der Waals surface area contributed by atoms with E-state index in [-0.39, 0.29) is 18.5 Å². The molecule has 0 saturated carbocycles. The zero-order valence-electron chi connectivity index (χ0n) is 16.0. The number of rotatable bonds is 15. The molecule has 25 heavy (non-hydrogen) atoms. The van der Waals surface area contributed by atoms with Crippen molar-refractivity contribution in [3.8, 4) is 0 Å². The summed E-state index contributed by atoms with van der Waals surface area (Å²) < 4.78 is 5.95. The Bertz CT molecular complexity index is 445. The lowest BCUT2D eigenvalue weighted by Gasteiger charge is -2.19. The predicted molar refractivity (Wildman–Crippen MR) is 111 cm³/mol. The van der Waals surface area contributed by atoms with Crippen molar-refractivity contribution in [1.82, 2.24) is 0 Å². The SMILES string of the molecule is CCCCCCCCCCC(CC(C)Br)OCC(=O)c1ccccc1. The first-order chi connectivity index (χ1) is 12.1. The summed E-state index contributed by atoms with van der Waals surface area (Å²) in [6.07, 6.45) is 12.7. The zero-order valence-corrected chi connectivity index (χ0v) is 17.6. The molecule has 0 aliphatic carbocycles. The molecule has 0 heterocycles. The number of alkyl halides is 1. The standard InChI is InChI=1S/C22H35BrO2/c1-3-4-5-6-7-8-9-13-16-21(17-19(2)23)25-18-22(24)20-14-11-10-12-15-20/h10-12,14-15,19,21H,3-9,13,16-18H2,1-2H3. The van der Waals surface area contributed by atoms with Crippen LogP contribution in [0.15, 0.2) is 30.3 Å². The summed E-state index contributed by atoms with van der Waals surface area (Å²) in [6, 6.07) is 9.42. The molecule has 0 spiro atoms. The normalized spacial score (nSPS) is 13.6. The Labute approximate surface area is 162 Å². The van der Waals surface area contributed by atoms with E-state index in [2.05, 4.69) is 29.8 Å². The Hall–Kier alpha value is -0.670. The largest absolute Gasteiger partial charge is 0.370 e. The molecule has 0 radical (unpaired) electrons. The van der Waals surface area contributed by atoms with Gasteiger partial charge in [-0.1, -0.05) is 111 Å². The highest BCUT2D eigenvalue weighted by Gasteiger charge is 2.15. The van der Waals surface area contributed by atoms with E-state index in [1.54, 1.807) is 0 Å². The molecule has 1 rings (SSSR count). The second-order valence-corrected chi connectivity index (χ2v) is 8.57. The van der Waals surface area contributed by atoms with Crippen molar-refractivity contribution in [2.75, 3.05) is 6.61 Å². The second kappa shape index (κ2) is 14.5. The minimum absolute atomic E-state index is 0.0729. The van der Waals surface area contributed by atoms with E-state index < -0.39 is 0 Å². The predicted octanol–water partition coefficient (Wildman–Crippen LogP) is 6.96. The van der Waals surface area contributed by atoms with E-state index in [9.17, 15) is 4.79 Å². The monoisotopic (exact) mass is 410 g/mol. The third-order valence-corrected chi connectivity index (χ3v) is 4.89. The first-order valence-corrected chi connectivity index (χ1v) is 10.9. The van der Waals surface area contributed by atoms with Crippen LogP contribution in [-0.4, -0.2) is 23.3 Å². The number of carbonyl (C=O) groups is 1. The van der Waals surface area contributed by atoms with Crippen LogP contribution in [0.4, 0.5) is 0 Å². The Balaban J connectivity index is 2.23. The van der Waals surface area contributed by atoms with Crippen molar-refractivity contribution in [2.24, 2.45) is 0 Å². The third-order valence-electron chi connectivity index (χ3n) is 4.51. The summed E-state index contributed by atoms with van der Waals surface area (Å²) in [4.78, 5) is 12.6. The van der Waals surface area contributed by atoms with Gasteiger partial charge < -0.3 is 4.74 Å². The molecular formula is C22H35BrO2. The molecule has 142 valence electrons. The Morgan fingerprint density at radius 2 is 1.60 bits per heavy atom. The molecular weight excluding hydrogens is 376 g/mol. The third kappa shape index (κ3) is 11.5. The van der Waals surface area contributed by atoms with Gasteiger partial charge in [0.2, 0.25) is 0 Å². The lowest BCUT2D eigenvalue weighted by atomic mass is 10.0. The van der Waals surface area contributed by atoms with Crippen LogP contribution >= 0.6 is 15.9 Å². The van der Waals surface area contributed by atoms with E-state index in [0.29, 0.717) is 4.83 Å². The highest BCUT2D eigenvalue weighted by Crippen LogP contribution is 2.18. The first kappa shape index (κ1) is 22.4. The first-order valence-electron chi connectivity index (χ1n) is 9.97. The Morgan fingerprint density at radius 1 is 1.00 bits per heavy atom. The van der Waals surface area contributed by atoms with Crippen molar-refractivity contribution in [1.29, 1.82) is 0 Å². The molecule has 0 aromatic heterocycles. The van der Waals surface area contributed by atoms with Gasteiger partial charge in [0, 0.05) is 10.4 Å². The fraction of sp³-hybridized carbons (Fsp3) is 0.682. The van der Waals surface area contributed by atoms with Crippen molar-refractivity contribution in [3.05, 3.63) is 35.9 Å². The summed E-state index contributed by atoms with van der Waals surface area (Å²) in [5, 5.41) is 0. The zero-order chi connectivity index (χ0) is 18.3. The number of unbranched alkanes of at least 4 members (excludes halogenated alkanes) is 7. The van der Waals surface area contributed by atoms with Gasteiger partial charge in [-0.2, -0.15) is 0 Å². The van der Waals surface area contributed by atoms with Crippen LogP contribution < -0.4 is 0 Å². The van der Waals surface area contributed by atoms with E-state index in [4.69, 9.17) is 4.74 Å². The molecule has 1 aromatic rings. The van der Waals surface area contributed by atoms with Crippen molar-refractivity contribution >= 4 is 21.7 Å². The van der Waals surface area contributed by atoms with Crippen molar-refractivity contribution in [2.45, 2.75) is 89.0 Å². The van der Waals surface area contributed by atoms with E-state index in [0.717, 1.165) is 18.4 Å². The number of ketones is 1. The van der Waals surface area contributed by atoms with Crippen LogP contribution in [0.3, 0.4) is 0 Å². The molecule has 0 aliphatic heterocycles. The molecule has 2 nitrogen and oxygen atoms in total. The molecule has 1 aromatic carbocycles. The number of carbonyl (C=O) groups excluding carboxylic acids is 1. The average Bonchev–Trinajstić information content (AvgIpc) is 2.61. The topological polar surface area (TPSA) is 26.3 Å². The summed E-state index contributed by atoms with van der Waals surface area (Å²) in [6.45, 7) is 4.59. The van der Waals surface area contributed by atoms with E-state index in [1.807, 2.05) is 30.3 Å². The van der Waals surface area contributed by atoms with Crippen LogP contribution in [0.5, 0.6) is 0 Å². The molecule has 0 saturated heterocycles. The fourth-order valence-corrected chi connectivity index (χ4v) is 3.46. The van der Waals surface area contributed by atoms with Gasteiger partial charge in [-0.25, -0.2) is 0 Å². The second-order valence-electron chi connectivity index (χ2n) is 7.00. The maximum atomic E-state index is 12.2. The van der Waals surface area contributed by atoms with Gasteiger partial charge >= 0.3 is 0 Å². The van der Waals surface area contributed by atoms with E-state index in [1.165, 1.54) is 51.4 Å². The molecule has 0 fully saturated rings. The van der Waals surface area contributed by atoms with Crippen molar-refractivity contribution in [3.63, 3.8) is 0 Å². The van der Waals surface area contributed by atoms with Crippen LogP contribution in [0.2, 0.25) is 0 Å². The number of benzene rings is 1. The number of Topliss-reactive ketones (excluding diaryl/α,β-unsaturated/α-hetero) is 1. The van der Waals surface area contributed by atoms with Gasteiger partial charge in [-0.15, -0.1) is 0 Å². The summed E-state index contributed by atoms with van der Waals surface area (Å²) in [7, 11) is 0. The smallest absolute Gasteiger partial charge is 0.188 e. The summed E-state index contributed by atoms with van der Waals surface area (Å²) in [5.41, 5.74) is 0.736. The minimum Gasteiger partial charge on any atom is -0.370 e. The molecule has 2 atom stereocenters. The molecule has 0 bridgehead atoms. The average molecular weight is 411 g/mol. The molecule has 0 amide bonds. The molecule has 0 aliphatic rings. The van der Waals surface area contributed by atoms with Crippen LogP contribution in [-0.2, 0) is 4.74 Å². The fourth-order valence-electron chi connectivity index (χ4n) is 3.04. The summed E-state index contributed by atoms with van der Waals surface area (Å²) >= 11 is 3.62. The van der Waals surface area contributed by atoms with Crippen LogP contribution in [0.25, 0.3) is 0 Å². The number of ether oxygens (including phenoxy) is 1. The van der Waals surface area contributed by atoms with E-state index >= 15 is 0 Å². The maximum absolute atomic E-state index is 12.2. The lowest BCUT2D eigenvalue weighted by Crippen LogP contribution is -2.21. The Kier molecular flexibility index (Phi) is 13.0. The van der Waals surface area contributed by atoms with Gasteiger partial charge in [-0.05, 0) is 12.8 Å². The van der Waals surface area contributed by atoms with Gasteiger partial charge in [0.05, 0.1) is 6.10 Å². The quantitative estimate of drug-likeness (QED) is 0.177. The number of hydrogen-bond donors (Lipinski definition) is 0. The summed E-state index contributed by atoms with van der Waals surface area (Å²) in [5.74, 6) is 0.0729. The number of halogens is 1. The van der Waals surface area contributed by atoms with Gasteiger partial charge in [0.1, 0.15) is 6.61 Å². The minimum atomic E-state index is 0.0729. The van der Waals surface area contributed by atoms with Gasteiger partial charge in [-0.3, -0.25) is 4.79 Å². The van der Waals surface area contributed by atoms with Crippen LogP contribution in [0.1, 0.15) is 88.4 Å². The Morgan fingerprint density at radius 3 is 2.20 bits per heavy atom. The highest BCUT2D eigenvalue weighted by molar-refractivity contribution is 9.09. The lowest BCUT2D eigenvalue weighted by molar-refractivity contribution is 0.0371. The molecule has 2 unspecified atom stereocenters. The highest BCUT2D eigenvalue weighted by atomic mass is 79.9. The molecule has 3 heteroatoms. The van der Waals surface area contributed by atoms with Gasteiger partial charge in [0.25, 0.3) is 0 Å². The number of hydrogen-bond acceptors (Lipinski definition) is 2. The van der Waals surface area contributed by atoms with Crippen LogP contribution in [0, 0.1) is 0 Å².